The van der Waals surface area contributed by atoms with Crippen LogP contribution in [0.3, 0.4) is 0 Å². The number of fused-ring (bicyclic) bond motifs is 1. The number of hydrogen-bond acceptors (Lipinski definition) is 4. The molecule has 31 heavy (non-hydrogen) atoms. The zero-order chi connectivity index (χ0) is 22.6. The first-order valence-electron chi connectivity index (χ1n) is 8.82. The van der Waals surface area contributed by atoms with Gasteiger partial charge in [-0.15, -0.1) is 0 Å². The Morgan fingerprint density at radius 1 is 0.968 bits per heavy atom. The molecule has 2 heterocycles. The first-order chi connectivity index (χ1) is 14.6. The van der Waals surface area contributed by atoms with Gasteiger partial charge in [0.05, 0.1) is 21.5 Å². The van der Waals surface area contributed by atoms with Crippen LogP contribution in [-0.2, 0) is 14.1 Å². The first-order valence-corrected chi connectivity index (χ1v) is 11.2. The second-order valence-electron chi connectivity index (χ2n) is 6.84. The summed E-state index contributed by atoms with van der Waals surface area (Å²) in [5, 5.41) is 11.6. The molecule has 0 spiro atoms. The lowest BCUT2D eigenvalue weighted by Crippen LogP contribution is -2.36. The molecule has 11 heteroatoms. The molecule has 0 saturated heterocycles. The van der Waals surface area contributed by atoms with E-state index in [0.29, 0.717) is 27.8 Å². The highest BCUT2D eigenvalue weighted by Gasteiger charge is 2.22. The van der Waals surface area contributed by atoms with Crippen LogP contribution in [0.25, 0.3) is 27.8 Å². The van der Waals surface area contributed by atoms with Gasteiger partial charge >= 0.3 is 5.69 Å². The number of rotatable bonds is 3. The van der Waals surface area contributed by atoms with Gasteiger partial charge in [-0.05, 0) is 59.9 Å². The Morgan fingerprint density at radius 3 is 2.23 bits per heavy atom. The van der Waals surface area contributed by atoms with Gasteiger partial charge in [-0.1, -0.05) is 12.1 Å². The number of aryl methyl sites for hydroxylation is 1. The van der Waals surface area contributed by atoms with Gasteiger partial charge in [0.15, 0.2) is 0 Å². The molecule has 0 aliphatic heterocycles. The summed E-state index contributed by atoms with van der Waals surface area (Å²) in [4.78, 5) is 36.5. The molecule has 0 atom stereocenters. The van der Waals surface area contributed by atoms with Gasteiger partial charge in [-0.2, -0.15) is 0 Å². The zero-order valence-electron chi connectivity index (χ0n) is 16.1. The van der Waals surface area contributed by atoms with Gasteiger partial charge in [-0.25, -0.2) is 4.79 Å². The Hall–Kier alpha value is -2.50. The summed E-state index contributed by atoms with van der Waals surface area (Å²) in [5.41, 5.74) is 1.01. The summed E-state index contributed by atoms with van der Waals surface area (Å²) in [6, 6.07) is 9.76. The monoisotopic (exact) mass is 610 g/mol. The van der Waals surface area contributed by atoms with E-state index in [9.17, 15) is 19.7 Å². The van der Waals surface area contributed by atoms with Crippen molar-refractivity contribution in [2.45, 2.75) is 0 Å². The van der Waals surface area contributed by atoms with Gasteiger partial charge in [0, 0.05) is 57.1 Å². The fourth-order valence-electron chi connectivity index (χ4n) is 3.48. The number of aromatic nitrogens is 3. The zero-order valence-corrected chi connectivity index (χ0v) is 20.9. The number of nitro groups is 1. The number of hydrogen-bond donors (Lipinski definition) is 0. The first kappa shape index (κ1) is 21.7. The molecule has 0 fully saturated rings. The highest BCUT2D eigenvalue weighted by Crippen LogP contribution is 2.37. The molecule has 0 aliphatic carbocycles. The predicted molar refractivity (Wildman–Crippen MR) is 129 cm³/mol. The van der Waals surface area contributed by atoms with Crippen molar-refractivity contribution in [3.63, 3.8) is 0 Å². The molecule has 2 aromatic carbocycles. The fraction of sp³-hybridized carbons (Fsp3) is 0.100. The second kappa shape index (κ2) is 7.88. The van der Waals surface area contributed by atoms with Crippen molar-refractivity contribution in [1.82, 2.24) is 13.7 Å². The van der Waals surface area contributed by atoms with E-state index >= 15 is 0 Å². The predicted octanol–water partition coefficient (Wildman–Crippen LogP) is 4.89. The lowest BCUT2D eigenvalue weighted by Gasteiger charge is -2.12. The largest absolute Gasteiger partial charge is 0.330 e. The van der Waals surface area contributed by atoms with Crippen molar-refractivity contribution < 1.29 is 4.92 Å². The summed E-state index contributed by atoms with van der Waals surface area (Å²) in [6.45, 7) is 0. The van der Waals surface area contributed by atoms with Gasteiger partial charge in [0.2, 0.25) is 0 Å². The van der Waals surface area contributed by atoms with Crippen LogP contribution in [0.1, 0.15) is 0 Å². The summed E-state index contributed by atoms with van der Waals surface area (Å²) < 4.78 is 6.51. The molecule has 0 N–H and O–H groups in total. The van der Waals surface area contributed by atoms with E-state index in [-0.39, 0.29) is 5.69 Å². The van der Waals surface area contributed by atoms with Crippen LogP contribution >= 0.6 is 47.8 Å². The van der Waals surface area contributed by atoms with Crippen LogP contribution in [0.4, 0.5) is 5.69 Å². The van der Waals surface area contributed by atoms with Gasteiger partial charge in [0.1, 0.15) is 0 Å². The molecule has 4 rings (SSSR count). The average Bonchev–Trinajstić information content (AvgIpc) is 3.15. The number of non-ortho nitro benzene ring substituents is 1. The second-order valence-corrected chi connectivity index (χ2v) is 9.35. The SMILES string of the molecule is Cn1c(=O)c2c(-c3cccc([N+](=O)[O-])c3)n(-c3cc(Br)c(Br)c(Br)c3)cc2n(C)c1=O. The van der Waals surface area contributed by atoms with E-state index in [2.05, 4.69) is 47.8 Å². The topological polar surface area (TPSA) is 92.1 Å². The lowest BCUT2D eigenvalue weighted by molar-refractivity contribution is -0.384. The van der Waals surface area contributed by atoms with Gasteiger partial charge in [0.25, 0.3) is 11.2 Å². The fourth-order valence-corrected chi connectivity index (χ4v) is 4.87. The molecule has 0 aliphatic rings. The number of halogens is 3. The number of benzene rings is 2. The standard InChI is InChI=1S/C20H13Br3N4O4/c1-24-15-9-26(12-7-13(21)17(23)14(22)8-12)18(16(15)19(28)25(2)20(24)29)10-4-3-5-11(6-10)27(30)31/h3-9H,1-2H3. The summed E-state index contributed by atoms with van der Waals surface area (Å²) >= 11 is 10.5. The third-order valence-electron chi connectivity index (χ3n) is 5.02. The maximum Gasteiger partial charge on any atom is 0.330 e. The van der Waals surface area contributed by atoms with Gasteiger partial charge in [-0.3, -0.25) is 24.0 Å². The molecule has 8 nitrogen and oxygen atoms in total. The minimum absolute atomic E-state index is 0.0989. The van der Waals surface area contributed by atoms with Crippen LogP contribution in [0.2, 0.25) is 0 Å². The van der Waals surface area contributed by atoms with Crippen molar-refractivity contribution >= 4 is 64.4 Å². The van der Waals surface area contributed by atoms with E-state index in [1.54, 1.807) is 29.9 Å². The van der Waals surface area contributed by atoms with Crippen molar-refractivity contribution in [1.29, 1.82) is 0 Å². The Bertz CT molecular complexity index is 1490. The van der Waals surface area contributed by atoms with Crippen molar-refractivity contribution in [2.75, 3.05) is 0 Å². The Morgan fingerprint density at radius 2 is 1.61 bits per heavy atom. The minimum Gasteiger partial charge on any atom is -0.313 e. The van der Waals surface area contributed by atoms with E-state index in [0.717, 1.165) is 18.0 Å². The normalized spacial score (nSPS) is 11.3. The highest BCUT2D eigenvalue weighted by atomic mass is 79.9. The van der Waals surface area contributed by atoms with Crippen LogP contribution in [0.15, 0.2) is 65.6 Å². The van der Waals surface area contributed by atoms with E-state index < -0.39 is 16.2 Å². The van der Waals surface area contributed by atoms with Crippen molar-refractivity contribution in [2.24, 2.45) is 14.1 Å². The molecular weight excluding hydrogens is 600 g/mol. The van der Waals surface area contributed by atoms with Crippen LogP contribution in [0, 0.1) is 10.1 Å². The Labute approximate surface area is 200 Å². The maximum absolute atomic E-state index is 13.1. The van der Waals surface area contributed by atoms with Crippen molar-refractivity contribution in [3.05, 3.63) is 87.0 Å². The third-order valence-corrected chi connectivity index (χ3v) is 8.19. The Balaban J connectivity index is 2.21. The quantitative estimate of drug-likeness (QED) is 0.187. The molecule has 4 aromatic rings. The molecule has 2 aromatic heterocycles. The van der Waals surface area contributed by atoms with Crippen molar-refractivity contribution in [3.8, 4) is 16.9 Å². The molecular formula is C20H13Br3N4O4. The summed E-state index contributed by atoms with van der Waals surface area (Å²) in [7, 11) is 2.99. The minimum atomic E-state index is -0.486. The maximum atomic E-state index is 13.1. The number of nitrogens with zero attached hydrogens (tertiary/aromatic N) is 4. The lowest BCUT2D eigenvalue weighted by atomic mass is 10.1. The third kappa shape index (κ3) is 3.50. The number of nitro benzene ring substituents is 1. The molecule has 0 bridgehead atoms. The van der Waals surface area contributed by atoms with Gasteiger partial charge < -0.3 is 4.57 Å². The van der Waals surface area contributed by atoms with Crippen LogP contribution in [-0.4, -0.2) is 18.6 Å². The Kier molecular flexibility index (Phi) is 5.52. The average molecular weight is 613 g/mol. The van der Waals surface area contributed by atoms with Crippen LogP contribution < -0.4 is 11.2 Å². The molecule has 0 unspecified atom stereocenters. The van der Waals surface area contributed by atoms with E-state index in [1.807, 2.05) is 12.1 Å². The molecule has 0 radical (unpaired) electrons. The van der Waals surface area contributed by atoms with E-state index in [1.165, 1.54) is 23.7 Å². The molecule has 158 valence electrons. The molecule has 0 saturated carbocycles. The van der Waals surface area contributed by atoms with E-state index in [4.69, 9.17) is 0 Å². The smallest absolute Gasteiger partial charge is 0.313 e. The summed E-state index contributed by atoms with van der Waals surface area (Å²) in [5.74, 6) is 0. The van der Waals surface area contributed by atoms with Crippen LogP contribution in [0.5, 0.6) is 0 Å². The molecule has 0 amide bonds. The highest BCUT2D eigenvalue weighted by molar-refractivity contribution is 9.14. The summed E-state index contributed by atoms with van der Waals surface area (Å²) in [6.07, 6.45) is 1.69.